The molecule has 0 radical (unpaired) electrons. The molecule has 1 rings (SSSR count). The van der Waals surface area contributed by atoms with Crippen LogP contribution in [-0.2, 0) is 9.22 Å². The molecule has 0 saturated heterocycles. The van der Waals surface area contributed by atoms with Crippen molar-refractivity contribution in [2.45, 2.75) is 70.3 Å². The number of aliphatic hydroxyl groups excluding tert-OH is 1. The molecular weight excluding hydrogens is 302 g/mol. The number of hydrogen-bond acceptors (Lipinski definition) is 4. The highest BCUT2D eigenvalue weighted by molar-refractivity contribution is 6.74. The number of rotatable bonds is 6. The van der Waals surface area contributed by atoms with E-state index in [1.807, 2.05) is 0 Å². The zero-order valence-corrected chi connectivity index (χ0v) is 15.2. The van der Waals surface area contributed by atoms with Crippen LogP contribution in [0.25, 0.3) is 0 Å². The van der Waals surface area contributed by atoms with Gasteiger partial charge in [0.15, 0.2) is 8.32 Å². The third-order valence-corrected chi connectivity index (χ3v) is 9.42. The van der Waals surface area contributed by atoms with Crippen LogP contribution >= 0.6 is 0 Å². The number of amides is 1. The zero-order chi connectivity index (χ0) is 17.1. The summed E-state index contributed by atoms with van der Waals surface area (Å²) in [5, 5.41) is 21.7. The Morgan fingerprint density at radius 1 is 1.45 bits per heavy atom. The molecule has 1 fully saturated rings. The number of carbonyl (C=O) groups is 2. The fraction of sp³-hybridized carbons (Fsp3) is 0.867. The molecule has 3 N–H and O–H groups in total. The number of carboxylic acid groups (broad SMARTS) is 1. The summed E-state index contributed by atoms with van der Waals surface area (Å²) in [6, 6.07) is -0.779. The Balaban J connectivity index is 2.76. The van der Waals surface area contributed by atoms with E-state index in [9.17, 15) is 14.7 Å². The molecular formula is C15H29NO5Si. The average Bonchev–Trinajstić information content (AvgIpc) is 2.78. The number of Topliss-reactive ketones (excluding diaryl/α,β-unsaturated/α-hetero) is 1. The Labute approximate surface area is 133 Å². The third kappa shape index (κ3) is 4.79. The maximum Gasteiger partial charge on any atom is 0.405 e. The van der Waals surface area contributed by atoms with Crippen molar-refractivity contribution in [3.05, 3.63) is 0 Å². The fourth-order valence-corrected chi connectivity index (χ4v) is 3.41. The summed E-state index contributed by atoms with van der Waals surface area (Å²) in [4.78, 5) is 22.8. The molecule has 1 saturated carbocycles. The molecule has 22 heavy (non-hydrogen) atoms. The van der Waals surface area contributed by atoms with E-state index in [4.69, 9.17) is 9.53 Å². The smallest absolute Gasteiger partial charge is 0.405 e. The van der Waals surface area contributed by atoms with Gasteiger partial charge >= 0.3 is 6.09 Å². The fourth-order valence-electron chi connectivity index (χ4n) is 2.38. The van der Waals surface area contributed by atoms with Gasteiger partial charge in [0, 0.05) is 12.3 Å². The van der Waals surface area contributed by atoms with Gasteiger partial charge in [-0.3, -0.25) is 4.79 Å². The van der Waals surface area contributed by atoms with Gasteiger partial charge in [-0.05, 0) is 31.0 Å². The number of ketones is 1. The normalized spacial score (nSPS) is 22.5. The molecule has 0 heterocycles. The van der Waals surface area contributed by atoms with Crippen molar-refractivity contribution >= 4 is 20.2 Å². The highest BCUT2D eigenvalue weighted by Gasteiger charge is 2.40. The molecule has 1 amide bonds. The minimum absolute atomic E-state index is 0.00506. The van der Waals surface area contributed by atoms with Gasteiger partial charge in [-0.25, -0.2) is 4.79 Å². The predicted octanol–water partition coefficient (Wildman–Crippen LogP) is 2.37. The summed E-state index contributed by atoms with van der Waals surface area (Å²) < 4.78 is 6.01. The first-order chi connectivity index (χ1) is 9.95. The van der Waals surface area contributed by atoms with Gasteiger partial charge in [-0.15, -0.1) is 0 Å². The van der Waals surface area contributed by atoms with Gasteiger partial charge in [-0.1, -0.05) is 20.8 Å². The van der Waals surface area contributed by atoms with Crippen molar-refractivity contribution in [2.75, 3.05) is 6.61 Å². The minimum Gasteiger partial charge on any atom is -0.465 e. The summed E-state index contributed by atoms with van der Waals surface area (Å²) in [5.41, 5.74) is 0. The Hall–Kier alpha value is -0.923. The second kappa shape index (κ2) is 7.10. The second-order valence-electron chi connectivity index (χ2n) is 7.58. The maximum atomic E-state index is 11.8. The molecule has 1 aliphatic rings. The van der Waals surface area contributed by atoms with Crippen LogP contribution in [0, 0.1) is 5.92 Å². The summed E-state index contributed by atoms with van der Waals surface area (Å²) >= 11 is 0. The highest BCUT2D eigenvalue weighted by Crippen LogP contribution is 2.37. The monoisotopic (exact) mass is 331 g/mol. The third-order valence-electron chi connectivity index (χ3n) is 4.92. The molecule has 0 aromatic rings. The lowest BCUT2D eigenvalue weighted by molar-refractivity contribution is -0.124. The topological polar surface area (TPSA) is 95.9 Å². The predicted molar refractivity (Wildman–Crippen MR) is 86.5 cm³/mol. The maximum absolute atomic E-state index is 11.8. The second-order valence-corrected chi connectivity index (χ2v) is 12.4. The summed E-state index contributed by atoms with van der Waals surface area (Å²) in [6.07, 6.45) is -0.421. The van der Waals surface area contributed by atoms with E-state index in [0.29, 0.717) is 12.8 Å². The SMILES string of the molecule is CC(C)(C)[Si](C)(C)OC[C@H](NC(=O)O)[C@H](O)[C@H]1CCCC1=O. The Morgan fingerprint density at radius 2 is 2.05 bits per heavy atom. The van der Waals surface area contributed by atoms with Gasteiger partial charge in [-0.2, -0.15) is 0 Å². The van der Waals surface area contributed by atoms with Gasteiger partial charge in [0.1, 0.15) is 5.78 Å². The molecule has 0 aromatic carbocycles. The lowest BCUT2D eigenvalue weighted by Gasteiger charge is -2.38. The Bertz CT molecular complexity index is 419. The molecule has 0 aromatic heterocycles. The first-order valence-electron chi connectivity index (χ1n) is 7.80. The van der Waals surface area contributed by atoms with Crippen LogP contribution in [0.2, 0.25) is 18.1 Å². The van der Waals surface area contributed by atoms with Crippen LogP contribution < -0.4 is 5.32 Å². The molecule has 0 aliphatic heterocycles. The number of nitrogens with one attached hydrogen (secondary N) is 1. The van der Waals surface area contributed by atoms with E-state index < -0.39 is 32.5 Å². The van der Waals surface area contributed by atoms with Crippen LogP contribution in [0.4, 0.5) is 4.79 Å². The summed E-state index contributed by atoms with van der Waals surface area (Å²) in [5.74, 6) is -0.475. The van der Waals surface area contributed by atoms with Crippen LogP contribution in [0.15, 0.2) is 0 Å². The van der Waals surface area contributed by atoms with Gasteiger partial charge in [0.2, 0.25) is 0 Å². The van der Waals surface area contributed by atoms with Crippen LogP contribution in [-0.4, -0.2) is 49.2 Å². The van der Waals surface area contributed by atoms with Crippen LogP contribution in [0.5, 0.6) is 0 Å². The largest absolute Gasteiger partial charge is 0.465 e. The van der Waals surface area contributed by atoms with Crippen molar-refractivity contribution in [2.24, 2.45) is 5.92 Å². The van der Waals surface area contributed by atoms with E-state index in [2.05, 4.69) is 39.2 Å². The Kier molecular flexibility index (Phi) is 6.17. The molecule has 0 unspecified atom stereocenters. The van der Waals surface area contributed by atoms with Crippen molar-refractivity contribution in [3.63, 3.8) is 0 Å². The van der Waals surface area contributed by atoms with Crippen molar-refractivity contribution < 1.29 is 24.2 Å². The molecule has 0 bridgehead atoms. The molecule has 3 atom stereocenters. The molecule has 0 spiro atoms. The van der Waals surface area contributed by atoms with E-state index in [1.54, 1.807) is 0 Å². The number of aliphatic hydroxyl groups is 1. The molecule has 1 aliphatic carbocycles. The molecule has 6 nitrogen and oxygen atoms in total. The van der Waals surface area contributed by atoms with Crippen molar-refractivity contribution in [1.29, 1.82) is 0 Å². The standard InChI is InChI=1S/C15H29NO5Si/c1-15(2,3)22(4,5)21-9-11(16-14(19)20)13(18)10-7-6-8-12(10)17/h10-11,13,16,18H,6-9H2,1-5H3,(H,19,20)/t10-,11-,13+/m0/s1. The van der Waals surface area contributed by atoms with E-state index in [0.717, 1.165) is 6.42 Å². The summed E-state index contributed by atoms with van der Waals surface area (Å²) in [6.45, 7) is 10.5. The minimum atomic E-state index is -2.05. The number of hydrogen-bond donors (Lipinski definition) is 3. The lowest BCUT2D eigenvalue weighted by atomic mass is 9.94. The first kappa shape index (κ1) is 19.1. The summed E-state index contributed by atoms with van der Waals surface area (Å²) in [7, 11) is -2.05. The molecule has 7 heteroatoms. The zero-order valence-electron chi connectivity index (χ0n) is 14.2. The van der Waals surface area contributed by atoms with Gasteiger partial charge < -0.3 is 20.0 Å². The lowest BCUT2D eigenvalue weighted by Crippen LogP contribution is -2.52. The number of carbonyl (C=O) groups excluding carboxylic acids is 1. The van der Waals surface area contributed by atoms with Crippen LogP contribution in [0.3, 0.4) is 0 Å². The van der Waals surface area contributed by atoms with Gasteiger partial charge in [0.25, 0.3) is 0 Å². The average molecular weight is 331 g/mol. The van der Waals surface area contributed by atoms with E-state index in [1.165, 1.54) is 0 Å². The van der Waals surface area contributed by atoms with Gasteiger partial charge in [0.05, 0.1) is 18.8 Å². The van der Waals surface area contributed by atoms with Crippen molar-refractivity contribution in [1.82, 2.24) is 5.32 Å². The van der Waals surface area contributed by atoms with Crippen molar-refractivity contribution in [3.8, 4) is 0 Å². The first-order valence-corrected chi connectivity index (χ1v) is 10.7. The molecule has 128 valence electrons. The van der Waals surface area contributed by atoms with E-state index >= 15 is 0 Å². The van der Waals surface area contributed by atoms with E-state index in [-0.39, 0.29) is 17.4 Å². The quantitative estimate of drug-likeness (QED) is 0.649. The highest BCUT2D eigenvalue weighted by atomic mass is 28.4. The Morgan fingerprint density at radius 3 is 2.45 bits per heavy atom. The van der Waals surface area contributed by atoms with Crippen LogP contribution in [0.1, 0.15) is 40.0 Å².